The molecule has 0 aliphatic carbocycles. The molecule has 0 rings (SSSR count). The van der Waals surface area contributed by atoms with Gasteiger partial charge in [-0.1, -0.05) is 13.3 Å². The van der Waals surface area contributed by atoms with E-state index in [1.54, 1.807) is 6.26 Å². The molecule has 5 heteroatoms. The summed E-state index contributed by atoms with van der Waals surface area (Å²) in [5, 5.41) is 2.64. The fourth-order valence-corrected chi connectivity index (χ4v) is 1.28. The largest absolute Gasteiger partial charge is 0.354 e. The monoisotopic (exact) mass is 206 g/mol. The van der Waals surface area contributed by atoms with Crippen LogP contribution in [-0.2, 0) is 15.6 Å². The number of hydrogen-bond donors (Lipinski definition) is 2. The van der Waals surface area contributed by atoms with Gasteiger partial charge in [0, 0.05) is 29.4 Å². The zero-order chi connectivity index (χ0) is 10.3. The van der Waals surface area contributed by atoms with Gasteiger partial charge in [0.2, 0.25) is 5.91 Å². The lowest BCUT2D eigenvalue weighted by atomic mass is 10.2. The van der Waals surface area contributed by atoms with Gasteiger partial charge in [0.1, 0.15) is 0 Å². The second-order valence-corrected chi connectivity index (χ2v) is 4.52. The molecule has 0 bridgehead atoms. The van der Waals surface area contributed by atoms with Crippen molar-refractivity contribution in [2.24, 2.45) is 5.73 Å². The number of hydrogen-bond acceptors (Lipinski definition) is 3. The van der Waals surface area contributed by atoms with E-state index in [1.165, 1.54) is 0 Å². The summed E-state index contributed by atoms with van der Waals surface area (Å²) in [7, 11) is -0.854. The summed E-state index contributed by atoms with van der Waals surface area (Å²) in [6.45, 7) is 2.42. The Bertz CT molecular complexity index is 185. The first-order valence-corrected chi connectivity index (χ1v) is 6.14. The summed E-state index contributed by atoms with van der Waals surface area (Å²) in [4.78, 5) is 11.2. The molecule has 2 atom stereocenters. The fraction of sp³-hybridized carbons (Fsp3) is 0.875. The van der Waals surface area contributed by atoms with E-state index in [0.717, 1.165) is 6.42 Å². The first-order chi connectivity index (χ1) is 6.07. The van der Waals surface area contributed by atoms with Crippen LogP contribution in [0.3, 0.4) is 0 Å². The normalized spacial score (nSPS) is 15.0. The molecule has 78 valence electrons. The number of carbonyl (C=O) groups is 1. The van der Waals surface area contributed by atoms with Gasteiger partial charge in [-0.3, -0.25) is 9.00 Å². The standard InChI is InChI=1S/C8H18N2O2S/c1-3-4-7(9)8(11)10-5-6-13(2)12/h7H,3-6,9H2,1-2H3,(H,10,11)/t7-,13?/m0/s1. The van der Waals surface area contributed by atoms with Crippen LogP contribution in [0.1, 0.15) is 19.8 Å². The third-order valence-electron chi connectivity index (χ3n) is 1.63. The van der Waals surface area contributed by atoms with Crippen LogP contribution in [0.5, 0.6) is 0 Å². The van der Waals surface area contributed by atoms with Gasteiger partial charge in [0.05, 0.1) is 6.04 Å². The number of nitrogens with two attached hydrogens (primary N) is 1. The number of carbonyl (C=O) groups excluding carboxylic acids is 1. The molecule has 0 saturated carbocycles. The summed E-state index contributed by atoms with van der Waals surface area (Å²) >= 11 is 0. The van der Waals surface area contributed by atoms with Crippen LogP contribution < -0.4 is 11.1 Å². The predicted octanol–water partition coefficient (Wildman–Crippen LogP) is -0.391. The first kappa shape index (κ1) is 12.6. The zero-order valence-corrected chi connectivity index (χ0v) is 9.02. The van der Waals surface area contributed by atoms with Gasteiger partial charge in [-0.25, -0.2) is 0 Å². The maximum Gasteiger partial charge on any atom is 0.236 e. The molecule has 0 aromatic carbocycles. The molecular weight excluding hydrogens is 188 g/mol. The predicted molar refractivity (Wildman–Crippen MR) is 54.8 cm³/mol. The topological polar surface area (TPSA) is 72.2 Å². The molecule has 0 aliphatic rings. The van der Waals surface area contributed by atoms with E-state index in [4.69, 9.17) is 5.73 Å². The van der Waals surface area contributed by atoms with Crippen molar-refractivity contribution in [3.8, 4) is 0 Å². The van der Waals surface area contributed by atoms with E-state index in [1.807, 2.05) is 6.92 Å². The fourth-order valence-electron chi connectivity index (χ4n) is 0.891. The van der Waals surface area contributed by atoms with Gasteiger partial charge in [0.25, 0.3) is 0 Å². The third-order valence-corrected chi connectivity index (χ3v) is 2.40. The lowest BCUT2D eigenvalue weighted by Gasteiger charge is -2.10. The van der Waals surface area contributed by atoms with Gasteiger partial charge in [-0.15, -0.1) is 0 Å². The lowest BCUT2D eigenvalue weighted by molar-refractivity contribution is -0.122. The van der Waals surface area contributed by atoms with Crippen molar-refractivity contribution in [3.05, 3.63) is 0 Å². The Labute approximate surface area is 81.7 Å². The molecule has 0 saturated heterocycles. The van der Waals surface area contributed by atoms with Crippen LogP contribution in [-0.4, -0.2) is 34.7 Å². The van der Waals surface area contributed by atoms with E-state index in [2.05, 4.69) is 5.32 Å². The number of rotatable bonds is 6. The summed E-state index contributed by atoms with van der Waals surface area (Å²) in [6, 6.07) is -0.421. The highest BCUT2D eigenvalue weighted by Crippen LogP contribution is 1.92. The Hall–Kier alpha value is -0.420. The van der Waals surface area contributed by atoms with Crippen molar-refractivity contribution in [1.29, 1.82) is 0 Å². The van der Waals surface area contributed by atoms with E-state index in [-0.39, 0.29) is 5.91 Å². The molecule has 1 amide bonds. The molecule has 0 aromatic heterocycles. The highest BCUT2D eigenvalue weighted by molar-refractivity contribution is 7.84. The van der Waals surface area contributed by atoms with Crippen molar-refractivity contribution in [2.75, 3.05) is 18.6 Å². The minimum absolute atomic E-state index is 0.146. The van der Waals surface area contributed by atoms with Crippen molar-refractivity contribution < 1.29 is 9.00 Å². The number of nitrogens with one attached hydrogen (secondary N) is 1. The van der Waals surface area contributed by atoms with Crippen molar-refractivity contribution in [3.63, 3.8) is 0 Å². The summed E-state index contributed by atoms with van der Waals surface area (Å²) in [6.07, 6.45) is 3.20. The van der Waals surface area contributed by atoms with Crippen molar-refractivity contribution in [1.82, 2.24) is 5.32 Å². The van der Waals surface area contributed by atoms with Gasteiger partial charge in [-0.05, 0) is 6.42 Å². The maximum atomic E-state index is 11.2. The van der Waals surface area contributed by atoms with E-state index >= 15 is 0 Å². The van der Waals surface area contributed by atoms with E-state index < -0.39 is 16.8 Å². The Morgan fingerprint density at radius 3 is 2.69 bits per heavy atom. The molecule has 0 heterocycles. The average Bonchev–Trinajstić information content (AvgIpc) is 2.04. The second kappa shape index (κ2) is 7.03. The van der Waals surface area contributed by atoms with Gasteiger partial charge in [0.15, 0.2) is 0 Å². The maximum absolute atomic E-state index is 11.2. The summed E-state index contributed by atoms with van der Waals surface area (Å²) < 4.78 is 10.6. The summed E-state index contributed by atoms with van der Waals surface area (Å²) in [5.74, 6) is 0.345. The second-order valence-electron chi connectivity index (χ2n) is 2.96. The highest BCUT2D eigenvalue weighted by atomic mass is 32.2. The molecule has 13 heavy (non-hydrogen) atoms. The first-order valence-electron chi connectivity index (χ1n) is 4.41. The zero-order valence-electron chi connectivity index (χ0n) is 8.21. The number of amides is 1. The smallest absolute Gasteiger partial charge is 0.236 e. The lowest BCUT2D eigenvalue weighted by Crippen LogP contribution is -2.41. The quantitative estimate of drug-likeness (QED) is 0.621. The molecule has 3 N–H and O–H groups in total. The van der Waals surface area contributed by atoms with Crippen molar-refractivity contribution >= 4 is 16.7 Å². The Kier molecular flexibility index (Phi) is 6.80. The van der Waals surface area contributed by atoms with Crippen LogP contribution in [0.2, 0.25) is 0 Å². The van der Waals surface area contributed by atoms with Crippen LogP contribution >= 0.6 is 0 Å². The van der Waals surface area contributed by atoms with Crippen LogP contribution in [0, 0.1) is 0 Å². The third kappa shape index (κ3) is 6.72. The van der Waals surface area contributed by atoms with E-state index in [9.17, 15) is 9.00 Å². The van der Waals surface area contributed by atoms with Crippen LogP contribution in [0.15, 0.2) is 0 Å². The van der Waals surface area contributed by atoms with Crippen molar-refractivity contribution in [2.45, 2.75) is 25.8 Å². The van der Waals surface area contributed by atoms with Gasteiger partial charge >= 0.3 is 0 Å². The average molecular weight is 206 g/mol. The molecule has 0 spiro atoms. The molecule has 4 nitrogen and oxygen atoms in total. The Morgan fingerprint density at radius 2 is 2.23 bits per heavy atom. The SMILES string of the molecule is CCC[C@H](N)C(=O)NCCS(C)=O. The Balaban J connectivity index is 3.55. The van der Waals surface area contributed by atoms with Crippen LogP contribution in [0.4, 0.5) is 0 Å². The molecule has 0 aliphatic heterocycles. The Morgan fingerprint density at radius 1 is 1.62 bits per heavy atom. The van der Waals surface area contributed by atoms with Crippen LogP contribution in [0.25, 0.3) is 0 Å². The highest BCUT2D eigenvalue weighted by Gasteiger charge is 2.10. The minimum Gasteiger partial charge on any atom is -0.354 e. The molecule has 0 aromatic rings. The molecule has 1 unspecified atom stereocenters. The minimum atomic E-state index is -0.854. The van der Waals surface area contributed by atoms with E-state index in [0.29, 0.717) is 18.7 Å². The molecule has 0 radical (unpaired) electrons. The van der Waals surface area contributed by atoms with Gasteiger partial charge in [-0.2, -0.15) is 0 Å². The summed E-state index contributed by atoms with van der Waals surface area (Å²) in [5.41, 5.74) is 5.56. The molecular formula is C8H18N2O2S. The van der Waals surface area contributed by atoms with Gasteiger partial charge < -0.3 is 11.1 Å². The molecule has 0 fully saturated rings.